The van der Waals surface area contributed by atoms with E-state index in [1.165, 1.54) is 25.9 Å². The topological polar surface area (TPSA) is 42.2 Å². The van der Waals surface area contributed by atoms with Gasteiger partial charge in [0.05, 0.1) is 5.69 Å². The van der Waals surface area contributed by atoms with Gasteiger partial charge in [0.1, 0.15) is 6.26 Å². The molecule has 4 rings (SSSR count). The lowest BCUT2D eigenvalue weighted by Gasteiger charge is -2.11. The number of oxazole rings is 1. The number of pyridine rings is 1. The second-order valence-corrected chi connectivity index (χ2v) is 5.95. The lowest BCUT2D eigenvalue weighted by atomic mass is 10.1. The van der Waals surface area contributed by atoms with Gasteiger partial charge in [0.2, 0.25) is 5.89 Å². The summed E-state index contributed by atoms with van der Waals surface area (Å²) in [7, 11) is 0. The molecular weight excluding hydrogens is 286 g/mol. The fourth-order valence-electron chi connectivity index (χ4n) is 3.02. The molecule has 1 fully saturated rings. The third kappa shape index (κ3) is 3.17. The van der Waals surface area contributed by atoms with Crippen LogP contribution in [-0.2, 0) is 6.54 Å². The van der Waals surface area contributed by atoms with Crippen LogP contribution in [0.2, 0.25) is 0 Å². The monoisotopic (exact) mass is 305 g/mol. The number of likely N-dealkylation sites (tertiary alicyclic amines) is 1. The number of hydrogen-bond donors (Lipinski definition) is 0. The zero-order valence-electron chi connectivity index (χ0n) is 13.0. The molecule has 1 aliphatic rings. The molecule has 2 aromatic heterocycles. The van der Waals surface area contributed by atoms with Crippen molar-refractivity contribution in [3.05, 3.63) is 60.7 Å². The minimum Gasteiger partial charge on any atom is -0.444 e. The Labute approximate surface area is 135 Å². The molecule has 1 aromatic carbocycles. The van der Waals surface area contributed by atoms with Crippen LogP contribution in [0.3, 0.4) is 0 Å². The average Bonchev–Trinajstić information content (AvgIpc) is 3.28. The first-order valence-electron chi connectivity index (χ1n) is 8.06. The lowest BCUT2D eigenvalue weighted by Crippen LogP contribution is -2.18. The van der Waals surface area contributed by atoms with E-state index in [0.29, 0.717) is 5.89 Å². The number of aromatic nitrogens is 2. The highest BCUT2D eigenvalue weighted by Crippen LogP contribution is 2.24. The van der Waals surface area contributed by atoms with Gasteiger partial charge in [-0.3, -0.25) is 9.88 Å². The summed E-state index contributed by atoms with van der Waals surface area (Å²) >= 11 is 0. The van der Waals surface area contributed by atoms with Crippen LogP contribution in [0.15, 0.2) is 59.5 Å². The third-order valence-electron chi connectivity index (χ3n) is 4.26. The summed E-state index contributed by atoms with van der Waals surface area (Å²) in [5.41, 5.74) is 4.27. The van der Waals surface area contributed by atoms with E-state index in [0.717, 1.165) is 28.9 Å². The van der Waals surface area contributed by atoms with Crippen LogP contribution >= 0.6 is 0 Å². The molecule has 1 saturated heterocycles. The molecule has 0 radical (unpaired) electrons. The number of benzene rings is 1. The molecule has 0 saturated carbocycles. The van der Waals surface area contributed by atoms with Crippen molar-refractivity contribution in [2.75, 3.05) is 13.1 Å². The Kier molecular flexibility index (Phi) is 3.90. The summed E-state index contributed by atoms with van der Waals surface area (Å²) in [4.78, 5) is 11.2. The van der Waals surface area contributed by atoms with Crippen LogP contribution in [0.4, 0.5) is 0 Å². The molecule has 116 valence electrons. The Morgan fingerprint density at radius 1 is 0.957 bits per heavy atom. The molecule has 23 heavy (non-hydrogen) atoms. The second-order valence-electron chi connectivity index (χ2n) is 5.95. The van der Waals surface area contributed by atoms with E-state index in [2.05, 4.69) is 33.1 Å². The first-order valence-corrected chi connectivity index (χ1v) is 8.06. The largest absolute Gasteiger partial charge is 0.444 e. The summed E-state index contributed by atoms with van der Waals surface area (Å²) < 4.78 is 5.66. The lowest BCUT2D eigenvalue weighted by molar-refractivity contribution is 0.327. The zero-order valence-corrected chi connectivity index (χ0v) is 13.0. The van der Waals surface area contributed by atoms with Gasteiger partial charge < -0.3 is 4.42 Å². The summed E-state index contributed by atoms with van der Waals surface area (Å²) in [5.74, 6) is 0.692. The molecule has 0 N–H and O–H groups in total. The summed E-state index contributed by atoms with van der Waals surface area (Å²) in [6.45, 7) is 3.22. The summed E-state index contributed by atoms with van der Waals surface area (Å²) in [6, 6.07) is 12.3. The van der Waals surface area contributed by atoms with Gasteiger partial charge >= 0.3 is 0 Å². The number of rotatable bonds is 4. The van der Waals surface area contributed by atoms with Crippen molar-refractivity contribution in [1.82, 2.24) is 14.9 Å². The molecule has 0 unspecified atom stereocenters. The van der Waals surface area contributed by atoms with Crippen LogP contribution in [0.1, 0.15) is 18.5 Å². The molecular formula is C19H19N3O. The quantitative estimate of drug-likeness (QED) is 0.730. The Morgan fingerprint density at radius 3 is 2.48 bits per heavy atom. The molecule has 0 bridgehead atoms. The highest BCUT2D eigenvalue weighted by molar-refractivity contribution is 5.66. The third-order valence-corrected chi connectivity index (χ3v) is 4.26. The van der Waals surface area contributed by atoms with Gasteiger partial charge in [0.15, 0.2) is 0 Å². The summed E-state index contributed by atoms with van der Waals surface area (Å²) in [5, 5.41) is 0. The van der Waals surface area contributed by atoms with Crippen molar-refractivity contribution in [1.29, 1.82) is 0 Å². The molecule has 0 atom stereocenters. The van der Waals surface area contributed by atoms with Gasteiger partial charge in [-0.25, -0.2) is 4.98 Å². The van der Waals surface area contributed by atoms with Gasteiger partial charge in [-0.1, -0.05) is 18.2 Å². The highest BCUT2D eigenvalue weighted by Gasteiger charge is 2.14. The standard InChI is InChI=1S/C19H19N3O/c1-2-11-22(10-1)13-18-14-23-19(21-18)16-7-5-15(6-8-16)17-4-3-9-20-12-17/h3-9,12,14H,1-2,10-11,13H2. The van der Waals surface area contributed by atoms with Crippen LogP contribution in [-0.4, -0.2) is 28.0 Å². The molecule has 0 aliphatic carbocycles. The molecule has 3 aromatic rings. The molecule has 3 heterocycles. The predicted molar refractivity (Wildman–Crippen MR) is 89.7 cm³/mol. The molecule has 4 heteroatoms. The van der Waals surface area contributed by atoms with Gasteiger partial charge in [-0.05, 0) is 55.3 Å². The maximum absolute atomic E-state index is 5.66. The predicted octanol–water partition coefficient (Wildman–Crippen LogP) is 4.00. The Morgan fingerprint density at radius 2 is 1.74 bits per heavy atom. The van der Waals surface area contributed by atoms with Gasteiger partial charge in [0.25, 0.3) is 0 Å². The van der Waals surface area contributed by atoms with Crippen molar-refractivity contribution >= 4 is 0 Å². The molecule has 1 aliphatic heterocycles. The second kappa shape index (κ2) is 6.34. The molecule has 0 spiro atoms. The van der Waals surface area contributed by atoms with Crippen LogP contribution in [0, 0.1) is 0 Å². The van der Waals surface area contributed by atoms with Gasteiger partial charge in [-0.15, -0.1) is 0 Å². The van der Waals surface area contributed by atoms with Crippen molar-refractivity contribution in [3.8, 4) is 22.6 Å². The minimum atomic E-state index is 0.692. The maximum atomic E-state index is 5.66. The van der Waals surface area contributed by atoms with Crippen LogP contribution in [0.5, 0.6) is 0 Å². The van der Waals surface area contributed by atoms with Crippen LogP contribution < -0.4 is 0 Å². The zero-order chi connectivity index (χ0) is 15.5. The van der Waals surface area contributed by atoms with Gasteiger partial charge in [0, 0.05) is 24.5 Å². The minimum absolute atomic E-state index is 0.692. The normalized spacial score (nSPS) is 15.1. The van der Waals surface area contributed by atoms with Gasteiger partial charge in [-0.2, -0.15) is 0 Å². The number of hydrogen-bond acceptors (Lipinski definition) is 4. The molecule has 0 amide bonds. The van der Waals surface area contributed by atoms with E-state index in [-0.39, 0.29) is 0 Å². The Hall–Kier alpha value is -2.46. The van der Waals surface area contributed by atoms with E-state index < -0.39 is 0 Å². The highest BCUT2D eigenvalue weighted by atomic mass is 16.3. The fourth-order valence-corrected chi connectivity index (χ4v) is 3.02. The first kappa shape index (κ1) is 14.2. The van der Waals surface area contributed by atoms with Crippen molar-refractivity contribution < 1.29 is 4.42 Å². The van der Waals surface area contributed by atoms with Crippen molar-refractivity contribution in [2.24, 2.45) is 0 Å². The SMILES string of the molecule is c1cncc(-c2ccc(-c3nc(CN4CCCC4)co3)cc2)c1. The first-order chi connectivity index (χ1) is 11.4. The van der Waals surface area contributed by atoms with Crippen molar-refractivity contribution in [2.45, 2.75) is 19.4 Å². The van der Waals surface area contributed by atoms with E-state index in [1.54, 1.807) is 12.5 Å². The summed E-state index contributed by atoms with van der Waals surface area (Å²) in [6.07, 6.45) is 8.02. The van der Waals surface area contributed by atoms with E-state index in [1.807, 2.05) is 24.4 Å². The maximum Gasteiger partial charge on any atom is 0.226 e. The van der Waals surface area contributed by atoms with E-state index >= 15 is 0 Å². The molecule has 4 nitrogen and oxygen atoms in total. The average molecular weight is 305 g/mol. The Balaban J connectivity index is 1.51. The Bertz CT molecular complexity index is 759. The fraction of sp³-hybridized carbons (Fsp3) is 0.263. The smallest absolute Gasteiger partial charge is 0.226 e. The van der Waals surface area contributed by atoms with Crippen LogP contribution in [0.25, 0.3) is 22.6 Å². The van der Waals surface area contributed by atoms with E-state index in [9.17, 15) is 0 Å². The van der Waals surface area contributed by atoms with E-state index in [4.69, 9.17) is 4.42 Å². The number of nitrogens with zero attached hydrogens (tertiary/aromatic N) is 3. The van der Waals surface area contributed by atoms with Crippen molar-refractivity contribution in [3.63, 3.8) is 0 Å².